The number of likely N-dealkylation sites (tertiary alicyclic amines) is 1. The molecule has 1 atom stereocenters. The Hall–Kier alpha value is -2.45. The summed E-state index contributed by atoms with van der Waals surface area (Å²) in [6.45, 7) is 3.85. The van der Waals surface area contributed by atoms with Crippen molar-refractivity contribution in [2.75, 3.05) is 32.0 Å². The molecule has 1 fully saturated rings. The number of rotatable bonds is 11. The fraction of sp³-hybridized carbons (Fsp3) is 0.455. The van der Waals surface area contributed by atoms with Crippen LogP contribution < -0.4 is 10.1 Å². The van der Waals surface area contributed by atoms with Crippen LogP contribution in [0.25, 0.3) is 0 Å². The number of nitrogens with zero attached hydrogens (tertiary/aromatic N) is 2. The highest BCUT2D eigenvalue weighted by Crippen LogP contribution is 2.19. The highest BCUT2D eigenvalue weighted by Gasteiger charge is 2.13. The van der Waals surface area contributed by atoms with Crippen molar-refractivity contribution >= 4 is 16.7 Å². The van der Waals surface area contributed by atoms with Gasteiger partial charge in [0, 0.05) is 35.6 Å². The molecule has 1 amide bonds. The van der Waals surface area contributed by atoms with Crippen LogP contribution in [0.3, 0.4) is 0 Å². The normalized spacial score (nSPS) is 15.9. The molecule has 0 spiro atoms. The van der Waals surface area contributed by atoms with E-state index in [9.17, 15) is 9.00 Å². The Morgan fingerprint density at radius 2 is 2.10 bits per heavy atom. The third-order valence-corrected chi connectivity index (χ3v) is 5.96. The van der Waals surface area contributed by atoms with Gasteiger partial charge in [0.15, 0.2) is 0 Å². The summed E-state index contributed by atoms with van der Waals surface area (Å²) < 4.78 is 22.9. The lowest BCUT2D eigenvalue weighted by atomic mass is 10.1. The molecular formula is C22H29N3O4S. The van der Waals surface area contributed by atoms with Crippen LogP contribution in [0.1, 0.15) is 30.6 Å². The average Bonchev–Trinajstić information content (AvgIpc) is 3.25. The highest BCUT2D eigenvalue weighted by molar-refractivity contribution is 7.84. The topological polar surface area (TPSA) is 84.7 Å². The Balaban J connectivity index is 1.34. The average molecular weight is 432 g/mol. The number of nitrogens with one attached hydrogen (secondary N) is 1. The fourth-order valence-corrected chi connectivity index (χ4v) is 4.26. The number of aromatic nitrogens is 1. The van der Waals surface area contributed by atoms with Gasteiger partial charge in [0.25, 0.3) is 0 Å². The van der Waals surface area contributed by atoms with E-state index < -0.39 is 10.8 Å². The third kappa shape index (κ3) is 7.76. The Morgan fingerprint density at radius 1 is 1.23 bits per heavy atom. The maximum absolute atomic E-state index is 11.9. The predicted molar refractivity (Wildman–Crippen MR) is 116 cm³/mol. The van der Waals surface area contributed by atoms with Gasteiger partial charge < -0.3 is 14.5 Å². The molecule has 0 saturated carbocycles. The van der Waals surface area contributed by atoms with E-state index in [-0.39, 0.29) is 17.4 Å². The smallest absolute Gasteiger partial charge is 0.232 e. The van der Waals surface area contributed by atoms with Gasteiger partial charge in [-0.25, -0.2) is 4.98 Å². The van der Waals surface area contributed by atoms with E-state index in [1.165, 1.54) is 25.5 Å². The molecule has 0 bridgehead atoms. The Labute approximate surface area is 180 Å². The van der Waals surface area contributed by atoms with Crippen LogP contribution in [-0.4, -0.2) is 52.0 Å². The van der Waals surface area contributed by atoms with E-state index >= 15 is 0 Å². The molecule has 1 N–H and O–H groups in total. The Kier molecular flexibility index (Phi) is 9.11. The zero-order valence-corrected chi connectivity index (χ0v) is 17.9. The first-order valence-electron chi connectivity index (χ1n) is 10.3. The van der Waals surface area contributed by atoms with Crippen molar-refractivity contribution in [2.45, 2.75) is 31.6 Å². The molecule has 162 valence electrons. The minimum Gasteiger partial charge on any atom is -0.473 e. The van der Waals surface area contributed by atoms with Crippen LogP contribution in [0.2, 0.25) is 0 Å². The molecule has 1 aliphatic heterocycles. The highest BCUT2D eigenvalue weighted by atomic mass is 32.2. The van der Waals surface area contributed by atoms with Crippen molar-refractivity contribution in [1.82, 2.24) is 15.2 Å². The van der Waals surface area contributed by atoms with Gasteiger partial charge in [-0.3, -0.25) is 13.9 Å². The first kappa shape index (κ1) is 22.2. The summed E-state index contributed by atoms with van der Waals surface area (Å²) in [5.74, 6) is 1.23. The fourth-order valence-electron chi connectivity index (χ4n) is 3.29. The molecule has 3 rings (SSSR count). The summed E-state index contributed by atoms with van der Waals surface area (Å²) in [5.41, 5.74) is 1.10. The van der Waals surface area contributed by atoms with Crippen LogP contribution in [0, 0.1) is 0 Å². The van der Waals surface area contributed by atoms with Gasteiger partial charge in [-0.05, 0) is 50.2 Å². The number of carbonyl (C=O) groups excluding carboxylic acids is 1. The second kappa shape index (κ2) is 12.3. The maximum atomic E-state index is 11.9. The van der Waals surface area contributed by atoms with Crippen molar-refractivity contribution in [2.24, 2.45) is 0 Å². The molecule has 0 aliphatic carbocycles. The standard InChI is InChI=1S/C22H29N3O4S/c26-21(18-30(27)17-20-9-7-15-28-20)23-10-2-5-14-29-22-19(8-6-11-24-22)16-25-12-3-1-4-13-25/h2,5-9,11,15H,1,3-4,10,12-14,16-18H2,(H,23,26)/b5-2+. The van der Waals surface area contributed by atoms with Gasteiger partial charge in [-0.2, -0.15) is 0 Å². The molecule has 8 heteroatoms. The van der Waals surface area contributed by atoms with Crippen molar-refractivity contribution in [1.29, 1.82) is 0 Å². The lowest BCUT2D eigenvalue weighted by Gasteiger charge is -2.26. The Morgan fingerprint density at radius 3 is 2.90 bits per heavy atom. The molecular weight excluding hydrogens is 402 g/mol. The molecule has 7 nitrogen and oxygen atoms in total. The van der Waals surface area contributed by atoms with Crippen molar-refractivity contribution in [3.05, 3.63) is 60.2 Å². The van der Waals surface area contributed by atoms with E-state index in [1.54, 1.807) is 18.3 Å². The van der Waals surface area contributed by atoms with Gasteiger partial charge >= 0.3 is 0 Å². The molecule has 30 heavy (non-hydrogen) atoms. The van der Waals surface area contributed by atoms with Crippen LogP contribution in [0.15, 0.2) is 53.3 Å². The first-order chi connectivity index (χ1) is 14.7. The van der Waals surface area contributed by atoms with Crippen molar-refractivity contribution in [3.63, 3.8) is 0 Å². The summed E-state index contributed by atoms with van der Waals surface area (Å²) in [7, 11) is -1.29. The first-order valence-corrected chi connectivity index (χ1v) is 11.8. The molecule has 1 aliphatic rings. The second-order valence-corrected chi connectivity index (χ2v) is 8.66. The predicted octanol–water partition coefficient (Wildman–Crippen LogP) is 2.66. The number of carbonyl (C=O) groups is 1. The Bertz CT molecular complexity index is 833. The van der Waals surface area contributed by atoms with E-state index in [1.807, 2.05) is 18.2 Å². The molecule has 2 aromatic heterocycles. The van der Waals surface area contributed by atoms with Gasteiger partial charge in [0.05, 0.1) is 12.0 Å². The monoisotopic (exact) mass is 431 g/mol. The van der Waals surface area contributed by atoms with E-state index in [4.69, 9.17) is 9.15 Å². The quantitative estimate of drug-likeness (QED) is 0.551. The largest absolute Gasteiger partial charge is 0.473 e. The van der Waals surface area contributed by atoms with Gasteiger partial charge in [-0.1, -0.05) is 18.6 Å². The summed E-state index contributed by atoms with van der Waals surface area (Å²) in [4.78, 5) is 18.7. The van der Waals surface area contributed by atoms with Gasteiger partial charge in [0.2, 0.25) is 11.8 Å². The van der Waals surface area contributed by atoms with Crippen molar-refractivity contribution < 1.29 is 18.2 Å². The minimum atomic E-state index is -1.29. The molecule has 0 aromatic carbocycles. The van der Waals surface area contributed by atoms with Crippen LogP contribution in [0.5, 0.6) is 5.88 Å². The SMILES string of the molecule is O=C(CS(=O)Cc1ccco1)NC/C=C/COc1ncccc1CN1CCCCC1. The minimum absolute atomic E-state index is 0.0428. The number of ether oxygens (including phenoxy) is 1. The zero-order chi connectivity index (χ0) is 21.0. The molecule has 2 aromatic rings. The number of furan rings is 1. The number of hydrogen-bond donors (Lipinski definition) is 1. The van der Waals surface area contributed by atoms with Crippen LogP contribution in [-0.2, 0) is 27.9 Å². The third-order valence-electron chi connectivity index (χ3n) is 4.77. The molecule has 0 radical (unpaired) electrons. The number of hydrogen-bond acceptors (Lipinski definition) is 6. The van der Waals surface area contributed by atoms with Crippen LogP contribution >= 0.6 is 0 Å². The van der Waals surface area contributed by atoms with Gasteiger partial charge in [-0.15, -0.1) is 0 Å². The van der Waals surface area contributed by atoms with E-state index in [0.29, 0.717) is 24.8 Å². The summed E-state index contributed by atoms with van der Waals surface area (Å²) in [6, 6.07) is 7.48. The zero-order valence-electron chi connectivity index (χ0n) is 17.1. The molecule has 1 unspecified atom stereocenters. The molecule has 3 heterocycles. The lowest BCUT2D eigenvalue weighted by Crippen LogP contribution is -2.29. The summed E-state index contributed by atoms with van der Waals surface area (Å²) in [6.07, 6.45) is 10.7. The maximum Gasteiger partial charge on any atom is 0.232 e. The van der Waals surface area contributed by atoms with E-state index in [0.717, 1.165) is 25.2 Å². The van der Waals surface area contributed by atoms with E-state index in [2.05, 4.69) is 21.3 Å². The van der Waals surface area contributed by atoms with Crippen LogP contribution in [0.4, 0.5) is 0 Å². The second-order valence-electron chi connectivity index (χ2n) is 7.20. The number of amides is 1. The summed E-state index contributed by atoms with van der Waals surface area (Å²) >= 11 is 0. The number of piperidine rings is 1. The van der Waals surface area contributed by atoms with Gasteiger partial charge in [0.1, 0.15) is 18.1 Å². The van der Waals surface area contributed by atoms with Crippen molar-refractivity contribution in [3.8, 4) is 5.88 Å². The lowest BCUT2D eigenvalue weighted by molar-refractivity contribution is -0.118. The summed E-state index contributed by atoms with van der Waals surface area (Å²) in [5, 5.41) is 2.73. The number of pyridine rings is 1. The molecule has 1 saturated heterocycles.